The van der Waals surface area contributed by atoms with Crippen LogP contribution in [0.4, 0.5) is 14.9 Å². The van der Waals surface area contributed by atoms with Crippen molar-refractivity contribution in [1.82, 2.24) is 4.90 Å². The molecule has 0 unspecified atom stereocenters. The van der Waals surface area contributed by atoms with Crippen molar-refractivity contribution in [3.05, 3.63) is 30.1 Å². The molecule has 0 saturated carbocycles. The van der Waals surface area contributed by atoms with E-state index in [-0.39, 0.29) is 18.0 Å². The Balaban J connectivity index is 1.94. The van der Waals surface area contributed by atoms with Crippen molar-refractivity contribution in [2.24, 2.45) is 0 Å². The molecular weight excluding hydrogens is 223 g/mol. The zero-order valence-electron chi connectivity index (χ0n) is 9.65. The number of carbonyl (C=O) groups excluding carboxylic acids is 1. The number of urea groups is 1. The second-order valence-corrected chi connectivity index (χ2v) is 4.06. The molecule has 1 aliphatic rings. The van der Waals surface area contributed by atoms with Gasteiger partial charge in [-0.25, -0.2) is 9.18 Å². The number of hydrogen-bond acceptors (Lipinski definition) is 2. The zero-order chi connectivity index (χ0) is 12.3. The van der Waals surface area contributed by atoms with E-state index in [0.717, 1.165) is 0 Å². The summed E-state index contributed by atoms with van der Waals surface area (Å²) in [5.41, 5.74) is 0.593. The molecule has 92 valence electrons. The highest BCUT2D eigenvalue weighted by molar-refractivity contribution is 5.89. The van der Waals surface area contributed by atoms with E-state index in [2.05, 4.69) is 5.32 Å². The summed E-state index contributed by atoms with van der Waals surface area (Å²) in [5.74, 6) is -0.317. The van der Waals surface area contributed by atoms with Gasteiger partial charge < -0.3 is 15.0 Å². The van der Waals surface area contributed by atoms with Crippen molar-refractivity contribution in [2.45, 2.75) is 13.0 Å². The number of nitrogens with one attached hydrogen (secondary N) is 1. The third kappa shape index (κ3) is 3.17. The highest BCUT2D eigenvalue weighted by atomic mass is 19.1. The van der Waals surface area contributed by atoms with Gasteiger partial charge in [-0.3, -0.25) is 0 Å². The third-order valence-corrected chi connectivity index (χ3v) is 2.62. The van der Waals surface area contributed by atoms with Gasteiger partial charge >= 0.3 is 6.03 Å². The van der Waals surface area contributed by atoms with Crippen molar-refractivity contribution < 1.29 is 13.9 Å². The fraction of sp³-hybridized carbons (Fsp3) is 0.417. The molecule has 17 heavy (non-hydrogen) atoms. The summed E-state index contributed by atoms with van der Waals surface area (Å²) in [7, 11) is 0. The number of morpholine rings is 1. The molecule has 2 rings (SSSR count). The molecule has 0 bridgehead atoms. The zero-order valence-corrected chi connectivity index (χ0v) is 9.65. The molecule has 1 aliphatic heterocycles. The van der Waals surface area contributed by atoms with Gasteiger partial charge in [0.1, 0.15) is 5.82 Å². The molecule has 2 amide bonds. The van der Waals surface area contributed by atoms with E-state index in [1.807, 2.05) is 6.92 Å². The molecule has 1 saturated heterocycles. The quantitative estimate of drug-likeness (QED) is 0.813. The van der Waals surface area contributed by atoms with Gasteiger partial charge in [0.15, 0.2) is 0 Å². The van der Waals surface area contributed by atoms with Gasteiger partial charge in [-0.1, -0.05) is 0 Å². The summed E-state index contributed by atoms with van der Waals surface area (Å²) in [4.78, 5) is 13.6. The van der Waals surface area contributed by atoms with Crippen molar-refractivity contribution in [1.29, 1.82) is 0 Å². The van der Waals surface area contributed by atoms with Crippen LogP contribution in [0.15, 0.2) is 24.3 Å². The lowest BCUT2D eigenvalue weighted by atomic mass is 10.3. The lowest BCUT2D eigenvalue weighted by Crippen LogP contribution is -2.46. The highest BCUT2D eigenvalue weighted by Gasteiger charge is 2.21. The lowest BCUT2D eigenvalue weighted by Gasteiger charge is -2.31. The Morgan fingerprint density at radius 3 is 2.82 bits per heavy atom. The molecule has 5 heteroatoms. The monoisotopic (exact) mass is 238 g/mol. The maximum atomic E-state index is 12.7. The van der Waals surface area contributed by atoms with Crippen molar-refractivity contribution in [2.75, 3.05) is 25.0 Å². The number of hydrogen-bond donors (Lipinski definition) is 1. The number of benzene rings is 1. The number of anilines is 1. The average molecular weight is 238 g/mol. The van der Waals surface area contributed by atoms with Crippen LogP contribution >= 0.6 is 0 Å². The lowest BCUT2D eigenvalue weighted by molar-refractivity contribution is -0.00138. The Hall–Kier alpha value is -1.62. The topological polar surface area (TPSA) is 41.6 Å². The first-order valence-electron chi connectivity index (χ1n) is 5.58. The minimum Gasteiger partial charge on any atom is -0.375 e. The maximum Gasteiger partial charge on any atom is 0.322 e. The molecule has 4 nitrogen and oxygen atoms in total. The number of carbonyl (C=O) groups is 1. The number of rotatable bonds is 1. The van der Waals surface area contributed by atoms with E-state index in [1.54, 1.807) is 4.90 Å². The normalized spacial score (nSPS) is 20.1. The first-order valence-corrected chi connectivity index (χ1v) is 5.58. The third-order valence-electron chi connectivity index (χ3n) is 2.62. The Morgan fingerprint density at radius 2 is 2.18 bits per heavy atom. The molecule has 0 radical (unpaired) electrons. The smallest absolute Gasteiger partial charge is 0.322 e. The van der Waals surface area contributed by atoms with E-state index in [1.165, 1.54) is 24.3 Å². The van der Waals surface area contributed by atoms with E-state index in [0.29, 0.717) is 25.4 Å². The maximum absolute atomic E-state index is 12.7. The highest BCUT2D eigenvalue weighted by Crippen LogP contribution is 2.11. The second-order valence-electron chi connectivity index (χ2n) is 4.06. The van der Waals surface area contributed by atoms with Crippen LogP contribution in [0.3, 0.4) is 0 Å². The SMILES string of the molecule is C[C@@H]1CN(C(=O)Nc2ccc(F)cc2)CCO1. The minimum absolute atomic E-state index is 0.0581. The first kappa shape index (κ1) is 11.9. The van der Waals surface area contributed by atoms with Gasteiger partial charge in [0.25, 0.3) is 0 Å². The van der Waals surface area contributed by atoms with Crippen molar-refractivity contribution >= 4 is 11.7 Å². The molecule has 1 aromatic rings. The predicted molar refractivity (Wildman–Crippen MR) is 62.4 cm³/mol. The van der Waals surface area contributed by atoms with E-state index < -0.39 is 0 Å². The molecule has 0 aliphatic carbocycles. The second kappa shape index (κ2) is 5.14. The Morgan fingerprint density at radius 1 is 1.47 bits per heavy atom. The standard InChI is InChI=1S/C12H15FN2O2/c1-9-8-15(6-7-17-9)12(16)14-11-4-2-10(13)3-5-11/h2-5,9H,6-8H2,1H3,(H,14,16)/t9-/m1/s1. The largest absolute Gasteiger partial charge is 0.375 e. The molecule has 0 spiro atoms. The predicted octanol–water partition coefficient (Wildman–Crippen LogP) is 2.08. The van der Waals surface area contributed by atoms with Gasteiger partial charge in [-0.2, -0.15) is 0 Å². The van der Waals surface area contributed by atoms with Crippen molar-refractivity contribution in [3.8, 4) is 0 Å². The summed E-state index contributed by atoms with van der Waals surface area (Å²) >= 11 is 0. The van der Waals surface area contributed by atoms with E-state index >= 15 is 0 Å². The number of halogens is 1. The van der Waals surface area contributed by atoms with Gasteiger partial charge in [-0.15, -0.1) is 0 Å². The van der Waals surface area contributed by atoms with Crippen LogP contribution in [0.5, 0.6) is 0 Å². The van der Waals surface area contributed by atoms with Crippen molar-refractivity contribution in [3.63, 3.8) is 0 Å². The minimum atomic E-state index is -0.317. The molecule has 0 aromatic heterocycles. The Labute approximate surface area is 99.4 Å². The average Bonchev–Trinajstić information content (AvgIpc) is 2.32. The number of nitrogens with zero attached hydrogens (tertiary/aromatic N) is 1. The molecule has 1 atom stereocenters. The Kier molecular flexibility index (Phi) is 3.58. The first-order chi connectivity index (χ1) is 8.15. The van der Waals surface area contributed by atoms with Crippen LogP contribution in [0.2, 0.25) is 0 Å². The van der Waals surface area contributed by atoms with Crippen LogP contribution in [-0.4, -0.2) is 36.7 Å². The number of ether oxygens (including phenoxy) is 1. The summed E-state index contributed by atoms with van der Waals surface area (Å²) in [6.45, 7) is 3.64. The fourth-order valence-corrected chi connectivity index (χ4v) is 1.74. The van der Waals surface area contributed by atoms with Crippen LogP contribution in [0.25, 0.3) is 0 Å². The van der Waals surface area contributed by atoms with Crippen LogP contribution in [0, 0.1) is 5.82 Å². The number of amides is 2. The molecule has 1 aromatic carbocycles. The summed E-state index contributed by atoms with van der Waals surface area (Å²) in [6.07, 6.45) is 0.0581. The van der Waals surface area contributed by atoms with Crippen LogP contribution in [-0.2, 0) is 4.74 Å². The summed E-state index contributed by atoms with van der Waals surface area (Å²) in [5, 5.41) is 2.72. The fourth-order valence-electron chi connectivity index (χ4n) is 1.74. The summed E-state index contributed by atoms with van der Waals surface area (Å²) < 4.78 is 18.0. The van der Waals surface area contributed by atoms with E-state index in [4.69, 9.17) is 4.74 Å². The molecular formula is C12H15FN2O2. The molecule has 1 heterocycles. The molecule has 1 N–H and O–H groups in total. The van der Waals surface area contributed by atoms with Crippen LogP contribution < -0.4 is 5.32 Å². The van der Waals surface area contributed by atoms with Gasteiger partial charge in [0.2, 0.25) is 0 Å². The molecule has 1 fully saturated rings. The Bertz CT molecular complexity index is 394. The summed E-state index contributed by atoms with van der Waals surface area (Å²) in [6, 6.07) is 5.54. The van der Waals surface area contributed by atoms with Crippen LogP contribution in [0.1, 0.15) is 6.92 Å². The van der Waals surface area contributed by atoms with Gasteiger partial charge in [-0.05, 0) is 31.2 Å². The van der Waals surface area contributed by atoms with Gasteiger partial charge in [0, 0.05) is 18.8 Å². The van der Waals surface area contributed by atoms with E-state index in [9.17, 15) is 9.18 Å². The van der Waals surface area contributed by atoms with Gasteiger partial charge in [0.05, 0.1) is 12.7 Å².